The molecule has 7 heteroatoms. The summed E-state index contributed by atoms with van der Waals surface area (Å²) in [6, 6.07) is 12.0. The maximum atomic E-state index is 13.3. The van der Waals surface area contributed by atoms with Crippen molar-refractivity contribution in [3.8, 4) is 11.5 Å². The van der Waals surface area contributed by atoms with Crippen molar-refractivity contribution in [3.63, 3.8) is 0 Å². The number of carbonyl (C=O) groups excluding carboxylic acids is 1. The van der Waals surface area contributed by atoms with E-state index in [9.17, 15) is 9.18 Å². The Morgan fingerprint density at radius 2 is 1.90 bits per heavy atom. The monoisotopic (exact) mass is 413 g/mol. The highest BCUT2D eigenvalue weighted by atomic mass is 35.5. The lowest BCUT2D eigenvalue weighted by Gasteiger charge is -2.18. The second-order valence-corrected chi connectivity index (χ2v) is 8.69. The summed E-state index contributed by atoms with van der Waals surface area (Å²) in [5.41, 5.74) is 2.60. The van der Waals surface area contributed by atoms with Gasteiger partial charge in [0.2, 0.25) is 5.91 Å². The minimum absolute atomic E-state index is 0.0633. The molecule has 1 atom stereocenters. The Labute approximate surface area is 173 Å². The highest BCUT2D eigenvalue weighted by Crippen LogP contribution is 2.35. The van der Waals surface area contributed by atoms with Crippen molar-refractivity contribution < 1.29 is 13.7 Å². The Bertz CT molecular complexity index is 1060. The summed E-state index contributed by atoms with van der Waals surface area (Å²) in [5, 5.41) is 4.29. The van der Waals surface area contributed by atoms with Crippen LogP contribution in [-0.4, -0.2) is 22.6 Å². The van der Waals surface area contributed by atoms with E-state index in [0.29, 0.717) is 23.9 Å². The molecule has 150 valence electrons. The van der Waals surface area contributed by atoms with Crippen molar-refractivity contribution in [2.45, 2.75) is 38.5 Å². The minimum atomic E-state index is -0.442. The van der Waals surface area contributed by atoms with E-state index < -0.39 is 5.82 Å². The zero-order chi connectivity index (χ0) is 20.8. The molecule has 5 nitrogen and oxygen atoms in total. The Hall–Kier alpha value is -2.73. The molecular weight excluding hydrogens is 393 g/mol. The Kier molecular flexibility index (Phi) is 4.90. The zero-order valence-electron chi connectivity index (χ0n) is 16.4. The number of nitrogens with zero attached hydrogens (tertiary/aromatic N) is 3. The van der Waals surface area contributed by atoms with E-state index >= 15 is 0 Å². The molecule has 1 amide bonds. The molecule has 1 aliphatic heterocycles. The zero-order valence-corrected chi connectivity index (χ0v) is 17.2. The first kappa shape index (κ1) is 19.6. The molecule has 2 aromatic carbocycles. The quantitative estimate of drug-likeness (QED) is 0.581. The molecule has 2 heterocycles. The first-order valence-corrected chi connectivity index (χ1v) is 9.80. The van der Waals surface area contributed by atoms with Crippen LogP contribution in [0.4, 0.5) is 10.1 Å². The Morgan fingerprint density at radius 1 is 1.17 bits per heavy atom. The maximum absolute atomic E-state index is 13.3. The highest BCUT2D eigenvalue weighted by Gasteiger charge is 2.35. The number of amides is 1. The van der Waals surface area contributed by atoms with Gasteiger partial charge in [0.05, 0.1) is 10.7 Å². The van der Waals surface area contributed by atoms with Gasteiger partial charge < -0.3 is 9.42 Å². The average molecular weight is 414 g/mol. The smallest absolute Gasteiger partial charge is 0.257 e. The summed E-state index contributed by atoms with van der Waals surface area (Å²) in [4.78, 5) is 18.5. The predicted molar refractivity (Wildman–Crippen MR) is 110 cm³/mol. The number of benzene rings is 2. The van der Waals surface area contributed by atoms with Gasteiger partial charge in [0, 0.05) is 24.4 Å². The minimum Gasteiger partial charge on any atom is -0.334 e. The molecule has 1 unspecified atom stereocenters. The third-order valence-corrected chi connectivity index (χ3v) is 5.43. The molecule has 0 saturated carbocycles. The van der Waals surface area contributed by atoms with Crippen LogP contribution < -0.4 is 4.90 Å². The molecule has 1 aliphatic rings. The first-order chi connectivity index (χ1) is 13.7. The molecule has 0 radical (unpaired) electrons. The van der Waals surface area contributed by atoms with Crippen LogP contribution in [0.2, 0.25) is 5.02 Å². The van der Waals surface area contributed by atoms with Crippen molar-refractivity contribution in [1.29, 1.82) is 0 Å². The van der Waals surface area contributed by atoms with E-state index in [4.69, 9.17) is 16.1 Å². The van der Waals surface area contributed by atoms with Gasteiger partial charge in [-0.05, 0) is 41.3 Å². The molecule has 0 N–H and O–H groups in total. The molecule has 0 bridgehead atoms. The molecule has 0 spiro atoms. The van der Waals surface area contributed by atoms with Crippen LogP contribution in [0.15, 0.2) is 47.0 Å². The van der Waals surface area contributed by atoms with E-state index in [1.807, 2.05) is 12.1 Å². The lowest BCUT2D eigenvalue weighted by atomic mass is 9.87. The summed E-state index contributed by atoms with van der Waals surface area (Å²) >= 11 is 6.11. The summed E-state index contributed by atoms with van der Waals surface area (Å²) in [7, 11) is 0. The van der Waals surface area contributed by atoms with E-state index in [1.165, 1.54) is 23.8 Å². The lowest BCUT2D eigenvalue weighted by molar-refractivity contribution is -0.117. The summed E-state index contributed by atoms with van der Waals surface area (Å²) < 4.78 is 18.7. The van der Waals surface area contributed by atoms with Gasteiger partial charge in [0.1, 0.15) is 5.82 Å². The molecular formula is C22H21ClFN3O2. The van der Waals surface area contributed by atoms with Gasteiger partial charge in [-0.2, -0.15) is 4.98 Å². The third kappa shape index (κ3) is 3.90. The molecule has 1 aromatic heterocycles. The largest absolute Gasteiger partial charge is 0.334 e. The van der Waals surface area contributed by atoms with Crippen LogP contribution in [0.25, 0.3) is 11.5 Å². The molecule has 29 heavy (non-hydrogen) atoms. The van der Waals surface area contributed by atoms with E-state index in [2.05, 4.69) is 43.0 Å². The Morgan fingerprint density at radius 3 is 2.55 bits per heavy atom. The molecule has 4 rings (SSSR count). The number of anilines is 1. The van der Waals surface area contributed by atoms with Crippen LogP contribution in [0.1, 0.15) is 44.5 Å². The van der Waals surface area contributed by atoms with Gasteiger partial charge >= 0.3 is 0 Å². The molecule has 0 aliphatic carbocycles. The van der Waals surface area contributed by atoms with Crippen molar-refractivity contribution in [1.82, 2.24) is 10.1 Å². The topological polar surface area (TPSA) is 59.2 Å². The van der Waals surface area contributed by atoms with Gasteiger partial charge in [-0.3, -0.25) is 4.79 Å². The molecule has 1 saturated heterocycles. The third-order valence-electron chi connectivity index (χ3n) is 5.13. The molecule has 3 aromatic rings. The summed E-state index contributed by atoms with van der Waals surface area (Å²) in [5.74, 6) is 0.141. The van der Waals surface area contributed by atoms with Crippen molar-refractivity contribution in [2.24, 2.45) is 0 Å². The number of aromatic nitrogens is 2. The van der Waals surface area contributed by atoms with Crippen molar-refractivity contribution >= 4 is 23.2 Å². The number of hydrogen-bond acceptors (Lipinski definition) is 4. The molecule has 1 fully saturated rings. The number of rotatable bonds is 3. The fourth-order valence-corrected chi connectivity index (χ4v) is 3.71. The van der Waals surface area contributed by atoms with Gasteiger partial charge in [-0.1, -0.05) is 49.7 Å². The second-order valence-electron chi connectivity index (χ2n) is 8.29. The second kappa shape index (κ2) is 7.26. The Balaban J connectivity index is 1.53. The lowest BCUT2D eigenvalue weighted by Crippen LogP contribution is -2.24. The van der Waals surface area contributed by atoms with Crippen molar-refractivity contribution in [3.05, 3.63) is 64.7 Å². The number of halogens is 2. The van der Waals surface area contributed by atoms with Gasteiger partial charge in [-0.25, -0.2) is 4.39 Å². The number of carbonyl (C=O) groups is 1. The fourth-order valence-electron chi connectivity index (χ4n) is 3.44. The number of hydrogen-bond donors (Lipinski definition) is 0. The van der Waals surface area contributed by atoms with Crippen LogP contribution in [0, 0.1) is 5.82 Å². The van der Waals surface area contributed by atoms with Crippen LogP contribution in [0.3, 0.4) is 0 Å². The van der Waals surface area contributed by atoms with Gasteiger partial charge in [0.15, 0.2) is 5.82 Å². The predicted octanol–water partition coefficient (Wildman–Crippen LogP) is 5.35. The average Bonchev–Trinajstić information content (AvgIpc) is 3.28. The van der Waals surface area contributed by atoms with Crippen LogP contribution in [0.5, 0.6) is 0 Å². The van der Waals surface area contributed by atoms with Crippen LogP contribution >= 0.6 is 11.6 Å². The normalized spacial score (nSPS) is 17.2. The van der Waals surface area contributed by atoms with Gasteiger partial charge in [0.25, 0.3) is 5.89 Å². The SMILES string of the molecule is CC(C)(C)c1ccc(-c2nc(C3CC(=O)N(c4ccc(F)cc4Cl)C3)no2)cc1. The van der Waals surface area contributed by atoms with E-state index in [0.717, 1.165) is 5.56 Å². The van der Waals surface area contributed by atoms with Crippen molar-refractivity contribution in [2.75, 3.05) is 11.4 Å². The van der Waals surface area contributed by atoms with E-state index in [-0.39, 0.29) is 28.7 Å². The summed E-state index contributed by atoms with van der Waals surface area (Å²) in [6.45, 7) is 6.83. The highest BCUT2D eigenvalue weighted by molar-refractivity contribution is 6.33. The van der Waals surface area contributed by atoms with Crippen LogP contribution in [-0.2, 0) is 10.2 Å². The van der Waals surface area contributed by atoms with Gasteiger partial charge in [-0.15, -0.1) is 0 Å². The standard InChI is InChI=1S/C22H21ClFN3O2/c1-22(2,3)15-6-4-13(5-7-15)21-25-20(26-29-21)14-10-19(28)27(12-14)18-9-8-16(24)11-17(18)23/h4-9,11,14H,10,12H2,1-3H3. The first-order valence-electron chi connectivity index (χ1n) is 9.42. The maximum Gasteiger partial charge on any atom is 0.257 e. The van der Waals surface area contributed by atoms with E-state index in [1.54, 1.807) is 4.90 Å². The summed E-state index contributed by atoms with van der Waals surface area (Å²) in [6.07, 6.45) is 0.246. The fraction of sp³-hybridized carbons (Fsp3) is 0.318.